The van der Waals surface area contributed by atoms with E-state index in [1.54, 1.807) is 6.20 Å². The highest BCUT2D eigenvalue weighted by molar-refractivity contribution is 5.92. The fourth-order valence-electron chi connectivity index (χ4n) is 2.32. The van der Waals surface area contributed by atoms with Crippen LogP contribution in [0.2, 0.25) is 0 Å². The molecule has 4 nitrogen and oxygen atoms in total. The molecular weight excluding hydrogens is 238 g/mol. The van der Waals surface area contributed by atoms with E-state index in [0.29, 0.717) is 0 Å². The number of rotatable bonds is 3. The Kier molecular flexibility index (Phi) is 4.55. The van der Waals surface area contributed by atoms with Crippen molar-refractivity contribution in [1.29, 1.82) is 0 Å². The second kappa shape index (κ2) is 6.36. The zero-order chi connectivity index (χ0) is 13.7. The Bertz CT molecular complexity index is 448. The Balaban J connectivity index is 1.93. The third-order valence-corrected chi connectivity index (χ3v) is 3.39. The lowest BCUT2D eigenvalue weighted by Crippen LogP contribution is -2.49. The molecule has 0 bridgehead atoms. The minimum absolute atomic E-state index is 0.169. The molecule has 0 spiro atoms. The number of pyridine rings is 1. The van der Waals surface area contributed by atoms with Gasteiger partial charge in [0.2, 0.25) is 5.91 Å². The maximum atomic E-state index is 12.2. The lowest BCUT2D eigenvalue weighted by atomic mass is 10.2. The van der Waals surface area contributed by atoms with Crippen LogP contribution in [0.15, 0.2) is 36.0 Å². The molecular formula is C15H21N3O. The lowest BCUT2D eigenvalue weighted by molar-refractivity contribution is -0.127. The molecule has 19 heavy (non-hydrogen) atoms. The van der Waals surface area contributed by atoms with Crippen molar-refractivity contribution < 1.29 is 4.79 Å². The first-order chi connectivity index (χ1) is 9.22. The number of hydrogen-bond donors (Lipinski definition) is 0. The Hall–Kier alpha value is -1.84. The van der Waals surface area contributed by atoms with Gasteiger partial charge in [-0.25, -0.2) is 4.98 Å². The highest BCUT2D eigenvalue weighted by atomic mass is 16.2. The van der Waals surface area contributed by atoms with Gasteiger partial charge in [-0.3, -0.25) is 4.79 Å². The van der Waals surface area contributed by atoms with Gasteiger partial charge in [-0.15, -0.1) is 0 Å². The molecule has 0 atom stereocenters. The third-order valence-electron chi connectivity index (χ3n) is 3.39. The summed E-state index contributed by atoms with van der Waals surface area (Å²) in [4.78, 5) is 20.7. The van der Waals surface area contributed by atoms with E-state index in [-0.39, 0.29) is 5.91 Å². The quantitative estimate of drug-likeness (QED) is 0.780. The van der Waals surface area contributed by atoms with E-state index in [1.807, 2.05) is 36.1 Å². The Morgan fingerprint density at radius 3 is 2.63 bits per heavy atom. The van der Waals surface area contributed by atoms with Crippen molar-refractivity contribution in [1.82, 2.24) is 9.88 Å². The van der Waals surface area contributed by atoms with Gasteiger partial charge in [-0.1, -0.05) is 19.1 Å². The topological polar surface area (TPSA) is 36.4 Å². The number of aromatic nitrogens is 1. The van der Waals surface area contributed by atoms with Crippen molar-refractivity contribution >= 4 is 11.7 Å². The summed E-state index contributed by atoms with van der Waals surface area (Å²) >= 11 is 0. The number of carbonyl (C=O) groups excluding carboxylic acids is 1. The van der Waals surface area contributed by atoms with Crippen molar-refractivity contribution in [2.75, 3.05) is 31.1 Å². The molecule has 102 valence electrons. The van der Waals surface area contributed by atoms with Crippen LogP contribution in [0.5, 0.6) is 0 Å². The number of amides is 1. The molecule has 1 aromatic rings. The van der Waals surface area contributed by atoms with Crippen LogP contribution in [0.4, 0.5) is 5.82 Å². The van der Waals surface area contributed by atoms with Crippen molar-refractivity contribution in [3.05, 3.63) is 36.0 Å². The van der Waals surface area contributed by atoms with Crippen molar-refractivity contribution in [2.45, 2.75) is 20.3 Å². The van der Waals surface area contributed by atoms with E-state index in [9.17, 15) is 4.79 Å². The van der Waals surface area contributed by atoms with Gasteiger partial charge < -0.3 is 9.80 Å². The van der Waals surface area contributed by atoms with Gasteiger partial charge in [-0.2, -0.15) is 0 Å². The van der Waals surface area contributed by atoms with Crippen LogP contribution in [-0.2, 0) is 4.79 Å². The summed E-state index contributed by atoms with van der Waals surface area (Å²) in [6.45, 7) is 7.19. The van der Waals surface area contributed by atoms with E-state index in [2.05, 4.69) is 16.8 Å². The molecule has 0 unspecified atom stereocenters. The molecule has 1 aliphatic heterocycles. The average Bonchev–Trinajstić information content (AvgIpc) is 2.48. The summed E-state index contributed by atoms with van der Waals surface area (Å²) in [7, 11) is 0. The van der Waals surface area contributed by atoms with Gasteiger partial charge in [0, 0.05) is 37.9 Å². The highest BCUT2D eigenvalue weighted by Gasteiger charge is 2.22. The first-order valence-electron chi connectivity index (χ1n) is 6.84. The van der Waals surface area contributed by atoms with Crippen molar-refractivity contribution in [3.8, 4) is 0 Å². The molecule has 0 aromatic carbocycles. The fourth-order valence-corrected chi connectivity index (χ4v) is 2.32. The molecule has 2 heterocycles. The zero-order valence-electron chi connectivity index (χ0n) is 11.7. The average molecular weight is 259 g/mol. The second-order valence-corrected chi connectivity index (χ2v) is 4.76. The van der Waals surface area contributed by atoms with Gasteiger partial charge in [-0.05, 0) is 25.5 Å². The Labute approximate surface area is 114 Å². The molecule has 0 saturated carbocycles. The SMILES string of the molecule is CC/C=C(\C)C(=O)N1CCN(c2ccccn2)CC1. The minimum atomic E-state index is 0.169. The molecule has 1 aliphatic rings. The number of nitrogens with zero attached hydrogens (tertiary/aromatic N) is 3. The van der Waals surface area contributed by atoms with Crippen LogP contribution in [0.25, 0.3) is 0 Å². The lowest BCUT2D eigenvalue weighted by Gasteiger charge is -2.35. The van der Waals surface area contributed by atoms with Crippen LogP contribution in [0.1, 0.15) is 20.3 Å². The predicted octanol–water partition coefficient (Wildman–Crippen LogP) is 2.09. The number of anilines is 1. The number of hydrogen-bond acceptors (Lipinski definition) is 3. The van der Waals surface area contributed by atoms with Gasteiger partial charge in [0.05, 0.1) is 0 Å². The van der Waals surface area contributed by atoms with Crippen LogP contribution in [-0.4, -0.2) is 42.0 Å². The monoisotopic (exact) mass is 259 g/mol. The van der Waals surface area contributed by atoms with Crippen LogP contribution >= 0.6 is 0 Å². The summed E-state index contributed by atoms with van der Waals surface area (Å²) in [6, 6.07) is 5.93. The summed E-state index contributed by atoms with van der Waals surface area (Å²) in [6.07, 6.45) is 4.71. The molecule has 0 radical (unpaired) electrons. The van der Waals surface area contributed by atoms with Gasteiger partial charge in [0.25, 0.3) is 0 Å². The maximum Gasteiger partial charge on any atom is 0.249 e. The summed E-state index contributed by atoms with van der Waals surface area (Å²) in [5.74, 6) is 1.16. The first kappa shape index (κ1) is 13.6. The number of allylic oxidation sites excluding steroid dienone is 1. The molecule has 1 saturated heterocycles. The standard InChI is InChI=1S/C15H21N3O/c1-3-6-13(2)15(19)18-11-9-17(10-12-18)14-7-4-5-8-16-14/h4-8H,3,9-12H2,1-2H3/b13-6+. The Morgan fingerprint density at radius 2 is 2.05 bits per heavy atom. The van der Waals surface area contributed by atoms with Crippen molar-refractivity contribution in [3.63, 3.8) is 0 Å². The normalized spacial score (nSPS) is 16.6. The third kappa shape index (κ3) is 3.34. The maximum absolute atomic E-state index is 12.2. The molecule has 1 aromatic heterocycles. The highest BCUT2D eigenvalue weighted by Crippen LogP contribution is 2.14. The van der Waals surface area contributed by atoms with Crippen molar-refractivity contribution in [2.24, 2.45) is 0 Å². The molecule has 0 aliphatic carbocycles. The van der Waals surface area contributed by atoms with Gasteiger partial charge in [0.1, 0.15) is 5.82 Å². The molecule has 1 fully saturated rings. The number of carbonyl (C=O) groups is 1. The fraction of sp³-hybridized carbons (Fsp3) is 0.467. The van der Waals surface area contributed by atoms with Crippen LogP contribution in [0.3, 0.4) is 0 Å². The minimum Gasteiger partial charge on any atom is -0.353 e. The van der Waals surface area contributed by atoms with E-state index < -0.39 is 0 Å². The van der Waals surface area contributed by atoms with Gasteiger partial charge >= 0.3 is 0 Å². The summed E-state index contributed by atoms with van der Waals surface area (Å²) in [5.41, 5.74) is 0.855. The zero-order valence-corrected chi connectivity index (χ0v) is 11.7. The number of piperazine rings is 1. The first-order valence-corrected chi connectivity index (χ1v) is 6.84. The summed E-state index contributed by atoms with van der Waals surface area (Å²) in [5, 5.41) is 0. The van der Waals surface area contributed by atoms with E-state index in [0.717, 1.165) is 44.0 Å². The van der Waals surface area contributed by atoms with E-state index >= 15 is 0 Å². The predicted molar refractivity (Wildman–Crippen MR) is 77.1 cm³/mol. The van der Waals surface area contributed by atoms with Gasteiger partial charge in [0.15, 0.2) is 0 Å². The molecule has 0 N–H and O–H groups in total. The van der Waals surface area contributed by atoms with E-state index in [4.69, 9.17) is 0 Å². The largest absolute Gasteiger partial charge is 0.353 e. The smallest absolute Gasteiger partial charge is 0.249 e. The van der Waals surface area contributed by atoms with Crippen LogP contribution < -0.4 is 4.90 Å². The Morgan fingerprint density at radius 1 is 1.32 bits per heavy atom. The molecule has 2 rings (SSSR count). The van der Waals surface area contributed by atoms with E-state index in [1.165, 1.54) is 0 Å². The summed E-state index contributed by atoms with van der Waals surface area (Å²) < 4.78 is 0. The molecule has 4 heteroatoms. The van der Waals surface area contributed by atoms with Crippen LogP contribution in [0, 0.1) is 0 Å². The second-order valence-electron chi connectivity index (χ2n) is 4.76. The molecule has 1 amide bonds.